The summed E-state index contributed by atoms with van der Waals surface area (Å²) in [5.74, 6) is 1.72. The molecule has 2 N–H and O–H groups in total. The molecule has 0 saturated carbocycles. The summed E-state index contributed by atoms with van der Waals surface area (Å²) in [5, 5.41) is 6.33. The molecule has 7 nitrogen and oxygen atoms in total. The van der Waals surface area contributed by atoms with Crippen LogP contribution in [0.2, 0.25) is 0 Å². The highest BCUT2D eigenvalue weighted by atomic mass is 16.5. The average Bonchev–Trinajstić information content (AvgIpc) is 3.31. The zero-order chi connectivity index (χ0) is 19.9. The lowest BCUT2D eigenvalue weighted by atomic mass is 10.1. The fourth-order valence-electron chi connectivity index (χ4n) is 3.87. The normalized spacial score (nSPS) is 19.2. The van der Waals surface area contributed by atoms with Crippen LogP contribution in [0.15, 0.2) is 36.7 Å². The molecule has 2 saturated heterocycles. The molecule has 0 radical (unpaired) electrons. The van der Waals surface area contributed by atoms with Crippen LogP contribution in [0.25, 0.3) is 0 Å². The number of benzene rings is 1. The van der Waals surface area contributed by atoms with Crippen molar-refractivity contribution in [3.63, 3.8) is 0 Å². The van der Waals surface area contributed by atoms with Gasteiger partial charge < -0.3 is 20.3 Å². The summed E-state index contributed by atoms with van der Waals surface area (Å²) in [4.78, 5) is 23.5. The van der Waals surface area contributed by atoms with E-state index in [1.54, 1.807) is 6.33 Å². The first-order valence-corrected chi connectivity index (χ1v) is 10.6. The predicted octanol–water partition coefficient (Wildman–Crippen LogP) is 2.99. The van der Waals surface area contributed by atoms with Crippen LogP contribution in [0.4, 0.5) is 11.6 Å². The van der Waals surface area contributed by atoms with Gasteiger partial charge >= 0.3 is 0 Å². The van der Waals surface area contributed by atoms with E-state index in [1.165, 1.54) is 19.3 Å². The maximum absolute atomic E-state index is 12.4. The van der Waals surface area contributed by atoms with E-state index >= 15 is 0 Å². The van der Waals surface area contributed by atoms with Gasteiger partial charge in [0.1, 0.15) is 18.0 Å². The van der Waals surface area contributed by atoms with Crippen molar-refractivity contribution >= 4 is 17.5 Å². The Morgan fingerprint density at radius 1 is 1.14 bits per heavy atom. The van der Waals surface area contributed by atoms with E-state index < -0.39 is 0 Å². The van der Waals surface area contributed by atoms with E-state index in [0.29, 0.717) is 18.7 Å². The summed E-state index contributed by atoms with van der Waals surface area (Å²) < 4.78 is 5.56. The Bertz CT molecular complexity index is 816. The molecular formula is C22H29N5O2. The largest absolute Gasteiger partial charge is 0.376 e. The van der Waals surface area contributed by atoms with Crippen molar-refractivity contribution in [2.45, 2.75) is 44.8 Å². The van der Waals surface area contributed by atoms with Crippen molar-refractivity contribution in [3.8, 4) is 0 Å². The third kappa shape index (κ3) is 5.44. The maximum atomic E-state index is 12.4. The highest BCUT2D eigenvalue weighted by Crippen LogP contribution is 2.19. The zero-order valence-corrected chi connectivity index (χ0v) is 16.8. The molecule has 29 heavy (non-hydrogen) atoms. The van der Waals surface area contributed by atoms with Crippen LogP contribution in [0.3, 0.4) is 0 Å². The lowest BCUT2D eigenvalue weighted by Gasteiger charge is -2.27. The second-order valence-electron chi connectivity index (χ2n) is 7.71. The highest BCUT2D eigenvalue weighted by Gasteiger charge is 2.17. The van der Waals surface area contributed by atoms with Crippen molar-refractivity contribution < 1.29 is 9.53 Å². The number of ether oxygens (including phenoxy) is 1. The molecule has 0 bridgehead atoms. The Labute approximate surface area is 171 Å². The number of nitrogens with zero attached hydrogens (tertiary/aromatic N) is 3. The molecule has 2 aliphatic heterocycles. The number of aromatic nitrogens is 2. The summed E-state index contributed by atoms with van der Waals surface area (Å²) in [5.41, 5.74) is 1.70. The molecule has 1 aromatic carbocycles. The molecule has 3 heterocycles. The lowest BCUT2D eigenvalue weighted by Crippen LogP contribution is -2.31. The molecule has 0 spiro atoms. The summed E-state index contributed by atoms with van der Waals surface area (Å²) in [6.07, 6.45) is 7.58. The van der Waals surface area contributed by atoms with Crippen LogP contribution < -0.4 is 15.5 Å². The van der Waals surface area contributed by atoms with E-state index in [-0.39, 0.29) is 12.0 Å². The number of anilines is 2. The first-order valence-electron chi connectivity index (χ1n) is 10.6. The minimum Gasteiger partial charge on any atom is -0.376 e. The van der Waals surface area contributed by atoms with Crippen molar-refractivity contribution in [3.05, 3.63) is 47.8 Å². The second-order valence-corrected chi connectivity index (χ2v) is 7.71. The number of rotatable bonds is 7. The molecule has 0 aliphatic carbocycles. The quantitative estimate of drug-likeness (QED) is 0.750. The molecule has 154 valence electrons. The smallest absolute Gasteiger partial charge is 0.251 e. The predicted molar refractivity (Wildman–Crippen MR) is 113 cm³/mol. The van der Waals surface area contributed by atoms with Gasteiger partial charge in [0, 0.05) is 44.4 Å². The van der Waals surface area contributed by atoms with Crippen molar-refractivity contribution in [1.29, 1.82) is 0 Å². The van der Waals surface area contributed by atoms with Crippen LogP contribution in [-0.4, -0.2) is 48.2 Å². The third-order valence-corrected chi connectivity index (χ3v) is 5.51. The number of amides is 1. The van der Waals surface area contributed by atoms with Gasteiger partial charge in [-0.2, -0.15) is 0 Å². The van der Waals surface area contributed by atoms with Gasteiger partial charge in [0.2, 0.25) is 0 Å². The molecule has 1 atom stereocenters. The molecular weight excluding hydrogens is 366 g/mol. The van der Waals surface area contributed by atoms with Gasteiger partial charge in [-0.3, -0.25) is 4.79 Å². The van der Waals surface area contributed by atoms with Gasteiger partial charge in [-0.1, -0.05) is 12.1 Å². The molecule has 7 heteroatoms. The first-order chi connectivity index (χ1) is 14.3. The van der Waals surface area contributed by atoms with Crippen LogP contribution in [-0.2, 0) is 11.3 Å². The van der Waals surface area contributed by atoms with Gasteiger partial charge in [0.25, 0.3) is 5.91 Å². The highest BCUT2D eigenvalue weighted by molar-refractivity contribution is 5.94. The van der Waals surface area contributed by atoms with E-state index in [4.69, 9.17) is 4.74 Å². The first kappa shape index (κ1) is 19.6. The average molecular weight is 396 g/mol. The molecule has 2 aliphatic rings. The van der Waals surface area contributed by atoms with Crippen LogP contribution >= 0.6 is 0 Å². The van der Waals surface area contributed by atoms with Crippen molar-refractivity contribution in [1.82, 2.24) is 15.3 Å². The van der Waals surface area contributed by atoms with Gasteiger partial charge in [-0.25, -0.2) is 9.97 Å². The Morgan fingerprint density at radius 2 is 2.03 bits per heavy atom. The van der Waals surface area contributed by atoms with Gasteiger partial charge in [0.05, 0.1) is 6.10 Å². The molecule has 1 unspecified atom stereocenters. The van der Waals surface area contributed by atoms with Crippen molar-refractivity contribution in [2.75, 3.05) is 36.5 Å². The van der Waals surface area contributed by atoms with E-state index in [9.17, 15) is 4.79 Å². The fraction of sp³-hybridized carbons (Fsp3) is 0.500. The minimum atomic E-state index is -0.0585. The molecule has 2 aromatic rings. The molecule has 1 aromatic heterocycles. The van der Waals surface area contributed by atoms with E-state index in [0.717, 1.165) is 49.7 Å². The fourth-order valence-corrected chi connectivity index (χ4v) is 3.87. The van der Waals surface area contributed by atoms with Crippen molar-refractivity contribution in [2.24, 2.45) is 0 Å². The minimum absolute atomic E-state index is 0.0585. The second kappa shape index (κ2) is 9.69. The van der Waals surface area contributed by atoms with E-state index in [1.807, 2.05) is 30.3 Å². The summed E-state index contributed by atoms with van der Waals surface area (Å²) in [7, 11) is 0. The number of hydrogen-bond acceptors (Lipinski definition) is 6. The third-order valence-electron chi connectivity index (χ3n) is 5.51. The number of piperidine rings is 1. The van der Waals surface area contributed by atoms with E-state index in [2.05, 4.69) is 25.5 Å². The zero-order valence-electron chi connectivity index (χ0n) is 16.8. The number of carbonyl (C=O) groups is 1. The maximum Gasteiger partial charge on any atom is 0.251 e. The Morgan fingerprint density at radius 3 is 2.86 bits per heavy atom. The Balaban J connectivity index is 1.32. The Kier molecular flexibility index (Phi) is 6.56. The van der Waals surface area contributed by atoms with Gasteiger partial charge in [0.15, 0.2) is 0 Å². The number of carbonyl (C=O) groups excluding carboxylic acids is 1. The van der Waals surface area contributed by atoms with Gasteiger partial charge in [-0.15, -0.1) is 0 Å². The Hall–Kier alpha value is -2.67. The molecule has 1 amide bonds. The number of nitrogens with one attached hydrogen (secondary N) is 2. The van der Waals surface area contributed by atoms with Crippen LogP contribution in [0.5, 0.6) is 0 Å². The molecule has 4 rings (SSSR count). The summed E-state index contributed by atoms with van der Waals surface area (Å²) >= 11 is 0. The topological polar surface area (TPSA) is 79.4 Å². The lowest BCUT2D eigenvalue weighted by molar-refractivity contribution is 0.0857. The molecule has 2 fully saturated rings. The SMILES string of the molecule is O=C(NCC1CCCO1)c1cccc(CNc2cc(N3CCCCC3)ncn2)c1. The summed E-state index contributed by atoms with van der Waals surface area (Å²) in [6, 6.07) is 9.69. The van der Waals surface area contributed by atoms with Crippen LogP contribution in [0, 0.1) is 0 Å². The van der Waals surface area contributed by atoms with Crippen LogP contribution in [0.1, 0.15) is 48.0 Å². The monoisotopic (exact) mass is 395 g/mol. The summed E-state index contributed by atoms with van der Waals surface area (Å²) in [6.45, 7) is 4.08. The standard InChI is InChI=1S/C22H29N5O2/c28-22(24-15-19-8-5-11-29-19)18-7-4-6-17(12-18)14-23-20-13-21(26-16-25-20)27-9-2-1-3-10-27/h4,6-7,12-13,16,19H,1-3,5,8-11,14-15H2,(H,24,28)(H,23,25,26). The number of hydrogen-bond donors (Lipinski definition) is 2. The van der Waals surface area contributed by atoms with Gasteiger partial charge in [-0.05, 0) is 49.8 Å².